The topological polar surface area (TPSA) is 49.4 Å². The summed E-state index contributed by atoms with van der Waals surface area (Å²) in [6.07, 6.45) is 0.203. The van der Waals surface area contributed by atoms with Gasteiger partial charge in [-0.05, 0) is 35.9 Å². The number of nitrogens with zero attached hydrogens (tertiary/aromatic N) is 1. The lowest BCUT2D eigenvalue weighted by Crippen LogP contribution is -2.20. The van der Waals surface area contributed by atoms with E-state index in [1.807, 2.05) is 0 Å². The van der Waals surface area contributed by atoms with Crippen molar-refractivity contribution >= 4 is 23.2 Å². The van der Waals surface area contributed by atoms with E-state index in [0.29, 0.717) is 11.8 Å². The van der Waals surface area contributed by atoms with Crippen molar-refractivity contribution in [3.05, 3.63) is 58.9 Å². The van der Waals surface area contributed by atoms with Crippen molar-refractivity contribution in [3.8, 4) is 0 Å². The average Bonchev–Trinajstić information content (AvgIpc) is 2.79. The van der Waals surface area contributed by atoms with E-state index in [1.54, 1.807) is 25.2 Å². The first-order chi connectivity index (χ1) is 10.9. The molecular formula is C16H11F3N2O2. The maximum absolute atomic E-state index is 13.6. The van der Waals surface area contributed by atoms with Crippen LogP contribution in [0.4, 0.5) is 24.5 Å². The van der Waals surface area contributed by atoms with Gasteiger partial charge in [-0.15, -0.1) is 0 Å². The number of rotatable bonds is 2. The van der Waals surface area contributed by atoms with E-state index in [9.17, 15) is 22.8 Å². The largest absolute Gasteiger partial charge is 0.322 e. The van der Waals surface area contributed by atoms with Crippen LogP contribution in [-0.4, -0.2) is 18.9 Å². The van der Waals surface area contributed by atoms with Crippen molar-refractivity contribution in [1.82, 2.24) is 0 Å². The molecule has 0 saturated heterocycles. The first kappa shape index (κ1) is 15.1. The summed E-state index contributed by atoms with van der Waals surface area (Å²) in [7, 11) is 1.64. The van der Waals surface area contributed by atoms with Crippen molar-refractivity contribution < 1.29 is 22.8 Å². The summed E-state index contributed by atoms with van der Waals surface area (Å²) in [6.45, 7) is 0. The molecule has 0 fully saturated rings. The standard InChI is InChI=1S/C16H11F3N2O2/c1-21-12-5-2-9(6-8(12)7-13(21)22)20-16(23)10-3-4-11(17)15(19)14(10)18/h2-6H,7H2,1H3,(H,20,23). The average molecular weight is 320 g/mol. The first-order valence-corrected chi connectivity index (χ1v) is 6.73. The summed E-state index contributed by atoms with van der Waals surface area (Å²) in [6, 6.07) is 6.34. The Morgan fingerprint density at radius 2 is 1.87 bits per heavy atom. The van der Waals surface area contributed by atoms with Gasteiger partial charge in [0.25, 0.3) is 5.91 Å². The number of anilines is 2. The molecule has 1 aliphatic rings. The normalized spacial score (nSPS) is 13.2. The zero-order chi connectivity index (χ0) is 16.7. The van der Waals surface area contributed by atoms with Gasteiger partial charge < -0.3 is 10.2 Å². The second kappa shape index (κ2) is 5.42. The Labute approximate surface area is 129 Å². The molecule has 7 heteroatoms. The van der Waals surface area contributed by atoms with Crippen LogP contribution in [0.2, 0.25) is 0 Å². The van der Waals surface area contributed by atoms with E-state index in [4.69, 9.17) is 0 Å². The predicted octanol–water partition coefficient (Wildman–Crippen LogP) is 2.88. The van der Waals surface area contributed by atoms with Gasteiger partial charge in [0.2, 0.25) is 5.91 Å². The molecule has 4 nitrogen and oxygen atoms in total. The smallest absolute Gasteiger partial charge is 0.258 e. The minimum atomic E-state index is -1.70. The van der Waals surface area contributed by atoms with Crippen molar-refractivity contribution in [2.75, 3.05) is 17.3 Å². The van der Waals surface area contributed by atoms with Gasteiger partial charge in [-0.2, -0.15) is 0 Å². The highest BCUT2D eigenvalue weighted by Crippen LogP contribution is 2.30. The molecule has 2 aromatic carbocycles. The van der Waals surface area contributed by atoms with Gasteiger partial charge in [-0.1, -0.05) is 0 Å². The highest BCUT2D eigenvalue weighted by Gasteiger charge is 2.24. The molecule has 0 bridgehead atoms. The molecule has 0 atom stereocenters. The quantitative estimate of drug-likeness (QED) is 0.865. The number of carbonyl (C=O) groups excluding carboxylic acids is 2. The molecule has 118 valence electrons. The summed E-state index contributed by atoms with van der Waals surface area (Å²) >= 11 is 0. The fraction of sp³-hybridized carbons (Fsp3) is 0.125. The first-order valence-electron chi connectivity index (χ1n) is 6.73. The molecule has 1 aliphatic heterocycles. The van der Waals surface area contributed by atoms with Gasteiger partial charge in [0.05, 0.1) is 12.0 Å². The van der Waals surface area contributed by atoms with Crippen molar-refractivity contribution in [2.24, 2.45) is 0 Å². The minimum absolute atomic E-state index is 0.0740. The van der Waals surface area contributed by atoms with Gasteiger partial charge in [0, 0.05) is 18.4 Å². The van der Waals surface area contributed by atoms with Crippen LogP contribution in [-0.2, 0) is 11.2 Å². The van der Waals surface area contributed by atoms with Crippen molar-refractivity contribution in [3.63, 3.8) is 0 Å². The molecule has 0 saturated carbocycles. The highest BCUT2D eigenvalue weighted by molar-refractivity contribution is 6.06. The molecule has 2 aromatic rings. The fourth-order valence-corrected chi connectivity index (χ4v) is 2.45. The lowest BCUT2D eigenvalue weighted by Gasteiger charge is -2.11. The lowest BCUT2D eigenvalue weighted by atomic mass is 10.1. The monoisotopic (exact) mass is 320 g/mol. The Bertz CT molecular complexity index is 836. The lowest BCUT2D eigenvalue weighted by molar-refractivity contribution is -0.117. The van der Waals surface area contributed by atoms with E-state index < -0.39 is 28.9 Å². The number of benzene rings is 2. The number of nitrogens with one attached hydrogen (secondary N) is 1. The summed E-state index contributed by atoms with van der Waals surface area (Å²) in [4.78, 5) is 25.1. The Kier molecular flexibility index (Phi) is 3.55. The zero-order valence-electron chi connectivity index (χ0n) is 12.0. The van der Waals surface area contributed by atoms with Crippen molar-refractivity contribution in [1.29, 1.82) is 0 Å². The van der Waals surface area contributed by atoms with Crippen LogP contribution >= 0.6 is 0 Å². The van der Waals surface area contributed by atoms with E-state index in [0.717, 1.165) is 17.3 Å². The number of carbonyl (C=O) groups is 2. The van der Waals surface area contributed by atoms with Gasteiger partial charge in [-0.3, -0.25) is 9.59 Å². The van der Waals surface area contributed by atoms with Gasteiger partial charge in [-0.25, -0.2) is 13.2 Å². The number of hydrogen-bond donors (Lipinski definition) is 1. The zero-order valence-corrected chi connectivity index (χ0v) is 12.0. The second-order valence-electron chi connectivity index (χ2n) is 5.15. The molecule has 0 spiro atoms. The number of halogens is 3. The third kappa shape index (κ3) is 2.54. The third-order valence-electron chi connectivity index (χ3n) is 3.69. The molecule has 0 radical (unpaired) electrons. The Balaban J connectivity index is 1.86. The van der Waals surface area contributed by atoms with Crippen LogP contribution in [0.5, 0.6) is 0 Å². The van der Waals surface area contributed by atoms with Crippen molar-refractivity contribution in [2.45, 2.75) is 6.42 Å². The summed E-state index contributed by atoms with van der Waals surface area (Å²) in [5.41, 5.74) is 1.19. The number of amides is 2. The molecule has 2 amide bonds. The molecule has 0 unspecified atom stereocenters. The molecule has 3 rings (SSSR count). The Morgan fingerprint density at radius 1 is 1.13 bits per heavy atom. The van der Waals surface area contributed by atoms with Crippen LogP contribution in [0.3, 0.4) is 0 Å². The molecule has 0 aromatic heterocycles. The molecule has 1 N–H and O–H groups in total. The Hall–Kier alpha value is -2.83. The Morgan fingerprint density at radius 3 is 2.61 bits per heavy atom. The van der Waals surface area contributed by atoms with Gasteiger partial charge in [0.15, 0.2) is 17.5 Å². The number of fused-ring (bicyclic) bond motifs is 1. The van der Waals surface area contributed by atoms with E-state index in [1.165, 1.54) is 4.90 Å². The second-order valence-corrected chi connectivity index (χ2v) is 5.15. The molecule has 0 aliphatic carbocycles. The van der Waals surface area contributed by atoms with Crippen LogP contribution in [0.1, 0.15) is 15.9 Å². The third-order valence-corrected chi connectivity index (χ3v) is 3.69. The summed E-state index contributed by atoms with van der Waals surface area (Å²) < 4.78 is 39.7. The SMILES string of the molecule is CN1C(=O)Cc2cc(NC(=O)c3ccc(F)c(F)c3F)ccc21. The van der Waals surface area contributed by atoms with Gasteiger partial charge >= 0.3 is 0 Å². The number of likely N-dealkylation sites (N-methyl/N-ethyl adjacent to an activating group) is 1. The molecule has 23 heavy (non-hydrogen) atoms. The maximum Gasteiger partial charge on any atom is 0.258 e. The van der Waals surface area contributed by atoms with Gasteiger partial charge in [0.1, 0.15) is 0 Å². The molecular weight excluding hydrogens is 309 g/mol. The van der Waals surface area contributed by atoms with Crippen LogP contribution in [0.25, 0.3) is 0 Å². The fourth-order valence-electron chi connectivity index (χ4n) is 2.45. The molecule has 1 heterocycles. The van der Waals surface area contributed by atoms with E-state index in [-0.39, 0.29) is 12.3 Å². The maximum atomic E-state index is 13.6. The van der Waals surface area contributed by atoms with E-state index >= 15 is 0 Å². The van der Waals surface area contributed by atoms with E-state index in [2.05, 4.69) is 5.32 Å². The number of hydrogen-bond acceptors (Lipinski definition) is 2. The van der Waals surface area contributed by atoms with Crippen LogP contribution in [0.15, 0.2) is 30.3 Å². The van der Waals surface area contributed by atoms with Crippen LogP contribution in [0, 0.1) is 17.5 Å². The highest BCUT2D eigenvalue weighted by atomic mass is 19.2. The summed E-state index contributed by atoms with van der Waals surface area (Å²) in [5, 5.41) is 2.41. The predicted molar refractivity (Wildman–Crippen MR) is 77.8 cm³/mol. The summed E-state index contributed by atoms with van der Waals surface area (Å²) in [5.74, 6) is -5.58. The minimum Gasteiger partial charge on any atom is -0.322 e. The van der Waals surface area contributed by atoms with Crippen LogP contribution < -0.4 is 10.2 Å².